The van der Waals surface area contributed by atoms with E-state index >= 15 is 0 Å². The van der Waals surface area contributed by atoms with Gasteiger partial charge in [-0.05, 0) is 36.2 Å². The summed E-state index contributed by atoms with van der Waals surface area (Å²) in [6.07, 6.45) is 0.685. The molecule has 6 heteroatoms. The molecule has 32 heavy (non-hydrogen) atoms. The van der Waals surface area contributed by atoms with Gasteiger partial charge in [0.15, 0.2) is 5.82 Å². The summed E-state index contributed by atoms with van der Waals surface area (Å²) in [6.45, 7) is 2.59. The fourth-order valence-electron chi connectivity index (χ4n) is 3.65. The predicted octanol–water partition coefficient (Wildman–Crippen LogP) is 5.41. The first kappa shape index (κ1) is 20.2. The van der Waals surface area contributed by atoms with Crippen LogP contribution in [0.25, 0.3) is 27.5 Å². The second-order valence-electron chi connectivity index (χ2n) is 7.68. The molecule has 0 radical (unpaired) electrons. The minimum absolute atomic E-state index is 0.0740. The summed E-state index contributed by atoms with van der Waals surface area (Å²) in [5.74, 6) is 0.652. The summed E-state index contributed by atoms with van der Waals surface area (Å²) in [5, 5.41) is 9.74. The Bertz CT molecular complexity index is 1370. The van der Waals surface area contributed by atoms with Crippen molar-refractivity contribution >= 4 is 22.2 Å². The van der Waals surface area contributed by atoms with E-state index in [0.29, 0.717) is 18.5 Å². The van der Waals surface area contributed by atoms with Gasteiger partial charge in [0.2, 0.25) is 4.96 Å². The van der Waals surface area contributed by atoms with Gasteiger partial charge < -0.3 is 5.32 Å². The van der Waals surface area contributed by atoms with Crippen molar-refractivity contribution in [2.24, 2.45) is 0 Å². The van der Waals surface area contributed by atoms with Crippen LogP contribution in [0.1, 0.15) is 21.6 Å². The number of nitrogens with one attached hydrogen (secondary N) is 1. The molecule has 0 saturated carbocycles. The number of carbonyl (C=O) groups excluding carboxylic acids is 1. The number of amides is 1. The van der Waals surface area contributed by atoms with E-state index in [1.54, 1.807) is 11.3 Å². The second-order valence-corrected chi connectivity index (χ2v) is 8.51. The van der Waals surface area contributed by atoms with Crippen molar-refractivity contribution in [1.82, 2.24) is 19.9 Å². The van der Waals surface area contributed by atoms with Crippen LogP contribution >= 0.6 is 11.3 Å². The molecule has 158 valence electrons. The van der Waals surface area contributed by atoms with E-state index in [1.165, 1.54) is 5.56 Å². The fourth-order valence-corrected chi connectivity index (χ4v) is 4.51. The van der Waals surface area contributed by atoms with Crippen molar-refractivity contribution in [1.29, 1.82) is 0 Å². The molecule has 0 aliphatic carbocycles. The normalized spacial score (nSPS) is 11.0. The third-order valence-electron chi connectivity index (χ3n) is 5.35. The molecule has 0 fully saturated rings. The van der Waals surface area contributed by atoms with Crippen molar-refractivity contribution in [3.05, 3.63) is 101 Å². The van der Waals surface area contributed by atoms with Crippen molar-refractivity contribution in [3.8, 4) is 22.5 Å². The maximum absolute atomic E-state index is 12.6. The molecule has 0 bridgehead atoms. The monoisotopic (exact) mass is 438 g/mol. The highest BCUT2D eigenvalue weighted by Crippen LogP contribution is 2.22. The van der Waals surface area contributed by atoms with Crippen molar-refractivity contribution in [2.75, 3.05) is 6.54 Å². The molecule has 0 aliphatic heterocycles. The summed E-state index contributed by atoms with van der Waals surface area (Å²) in [4.78, 5) is 18.1. The van der Waals surface area contributed by atoms with E-state index in [9.17, 15) is 4.79 Å². The van der Waals surface area contributed by atoms with Crippen LogP contribution in [0.3, 0.4) is 0 Å². The van der Waals surface area contributed by atoms with E-state index < -0.39 is 0 Å². The van der Waals surface area contributed by atoms with Crippen LogP contribution in [0.2, 0.25) is 0 Å². The largest absolute Gasteiger partial charge is 0.352 e. The number of rotatable bonds is 6. The van der Waals surface area contributed by atoms with Crippen molar-refractivity contribution < 1.29 is 4.79 Å². The summed E-state index contributed by atoms with van der Waals surface area (Å²) in [6, 6.07) is 26.0. The Morgan fingerprint density at radius 1 is 0.938 bits per heavy atom. The lowest BCUT2D eigenvalue weighted by Gasteiger charge is -2.06. The van der Waals surface area contributed by atoms with E-state index in [2.05, 4.69) is 52.0 Å². The first-order valence-corrected chi connectivity index (χ1v) is 11.4. The van der Waals surface area contributed by atoms with Crippen LogP contribution in [-0.4, -0.2) is 27.0 Å². The number of aryl methyl sites for hydroxylation is 1. The van der Waals surface area contributed by atoms with Gasteiger partial charge in [-0.25, -0.2) is 4.52 Å². The Hall–Kier alpha value is -3.77. The first-order valence-electron chi connectivity index (χ1n) is 10.5. The molecule has 0 spiro atoms. The van der Waals surface area contributed by atoms with E-state index in [4.69, 9.17) is 0 Å². The molecule has 0 unspecified atom stereocenters. The molecule has 5 aromatic rings. The van der Waals surface area contributed by atoms with Crippen LogP contribution < -0.4 is 5.32 Å². The van der Waals surface area contributed by atoms with E-state index in [1.807, 2.05) is 59.1 Å². The number of nitrogens with zero attached hydrogens (tertiary/aromatic N) is 3. The lowest BCUT2D eigenvalue weighted by atomic mass is 10.0. The molecule has 2 heterocycles. The smallest absolute Gasteiger partial charge is 0.251 e. The molecule has 0 atom stereocenters. The Labute approximate surface area is 190 Å². The summed E-state index contributed by atoms with van der Waals surface area (Å²) >= 11 is 1.56. The second kappa shape index (κ2) is 8.77. The van der Waals surface area contributed by atoms with Gasteiger partial charge in [-0.2, -0.15) is 4.98 Å². The minimum Gasteiger partial charge on any atom is -0.352 e. The average molecular weight is 439 g/mol. The molecule has 2 aromatic heterocycles. The van der Waals surface area contributed by atoms with Gasteiger partial charge in [-0.1, -0.05) is 66.2 Å². The zero-order chi connectivity index (χ0) is 21.9. The number of fused-ring (bicyclic) bond motifs is 1. The highest BCUT2D eigenvalue weighted by molar-refractivity contribution is 7.15. The Morgan fingerprint density at radius 3 is 2.47 bits per heavy atom. The SMILES string of the molecule is Cc1cccc(-c2nc3scc(CCNC(=O)c4ccc(-c5ccccc5)cc4)n3n2)c1. The molecular formula is C26H22N4OS. The number of benzene rings is 3. The lowest BCUT2D eigenvalue weighted by molar-refractivity contribution is 0.0954. The van der Waals surface area contributed by atoms with Crippen LogP contribution in [0.4, 0.5) is 0 Å². The Balaban J connectivity index is 1.23. The Kier molecular flexibility index (Phi) is 5.52. The molecule has 5 rings (SSSR count). The maximum atomic E-state index is 12.6. The summed E-state index contributed by atoms with van der Waals surface area (Å²) in [7, 11) is 0. The van der Waals surface area contributed by atoms with Gasteiger partial charge in [0, 0.05) is 29.5 Å². The highest BCUT2D eigenvalue weighted by Gasteiger charge is 2.12. The topological polar surface area (TPSA) is 59.3 Å². The van der Waals surface area contributed by atoms with Crippen LogP contribution in [0.15, 0.2) is 84.2 Å². The zero-order valence-corrected chi connectivity index (χ0v) is 18.5. The van der Waals surface area contributed by atoms with Gasteiger partial charge in [-0.3, -0.25) is 4.79 Å². The van der Waals surface area contributed by atoms with Gasteiger partial charge in [0.05, 0.1) is 5.69 Å². The number of hydrogen-bond acceptors (Lipinski definition) is 4. The summed E-state index contributed by atoms with van der Waals surface area (Å²) in [5.41, 5.74) is 6.12. The number of hydrogen-bond donors (Lipinski definition) is 1. The molecule has 0 saturated heterocycles. The minimum atomic E-state index is -0.0740. The van der Waals surface area contributed by atoms with Gasteiger partial charge in [-0.15, -0.1) is 16.4 Å². The van der Waals surface area contributed by atoms with E-state index in [-0.39, 0.29) is 5.91 Å². The van der Waals surface area contributed by atoms with Gasteiger partial charge in [0.1, 0.15) is 0 Å². The fraction of sp³-hybridized carbons (Fsp3) is 0.115. The van der Waals surface area contributed by atoms with E-state index in [0.717, 1.165) is 33.2 Å². The predicted molar refractivity (Wildman–Crippen MR) is 129 cm³/mol. The van der Waals surface area contributed by atoms with Crippen molar-refractivity contribution in [3.63, 3.8) is 0 Å². The van der Waals surface area contributed by atoms with Gasteiger partial charge in [0.25, 0.3) is 5.91 Å². The third kappa shape index (κ3) is 4.18. The van der Waals surface area contributed by atoms with Crippen molar-refractivity contribution in [2.45, 2.75) is 13.3 Å². The number of carbonyl (C=O) groups is 1. The molecule has 0 aliphatic rings. The summed E-state index contributed by atoms with van der Waals surface area (Å²) < 4.78 is 1.88. The third-order valence-corrected chi connectivity index (χ3v) is 6.21. The molecular weight excluding hydrogens is 416 g/mol. The van der Waals surface area contributed by atoms with Crippen LogP contribution in [0, 0.1) is 6.92 Å². The van der Waals surface area contributed by atoms with Crippen LogP contribution in [-0.2, 0) is 6.42 Å². The number of aromatic nitrogens is 3. The standard InChI is InChI=1S/C26H22N4OS/c1-18-6-5-9-22(16-18)24-28-26-30(29-24)23(17-32-26)14-15-27-25(31)21-12-10-20(11-13-21)19-7-3-2-4-8-19/h2-13,16-17H,14-15H2,1H3,(H,27,31). The van der Waals surface area contributed by atoms with Gasteiger partial charge >= 0.3 is 0 Å². The number of thiazole rings is 1. The molecule has 1 amide bonds. The Morgan fingerprint density at radius 2 is 1.69 bits per heavy atom. The molecule has 3 aromatic carbocycles. The molecule has 5 nitrogen and oxygen atoms in total. The quantitative estimate of drug-likeness (QED) is 0.386. The lowest BCUT2D eigenvalue weighted by Crippen LogP contribution is -2.25. The highest BCUT2D eigenvalue weighted by atomic mass is 32.1. The molecule has 1 N–H and O–H groups in total. The average Bonchev–Trinajstić information content (AvgIpc) is 3.41. The first-order chi connectivity index (χ1) is 15.7. The van der Waals surface area contributed by atoms with Crippen LogP contribution in [0.5, 0.6) is 0 Å². The zero-order valence-electron chi connectivity index (χ0n) is 17.7. The maximum Gasteiger partial charge on any atom is 0.251 e.